The molecule has 7 heteroatoms. The van der Waals surface area contributed by atoms with Gasteiger partial charge in [-0.25, -0.2) is 0 Å². The molecule has 0 aliphatic carbocycles. The van der Waals surface area contributed by atoms with Crippen LogP contribution in [0.4, 0.5) is 0 Å². The minimum atomic E-state index is -0.666. The Kier molecular flexibility index (Phi) is 62.2. The van der Waals surface area contributed by atoms with Crippen molar-refractivity contribution < 1.29 is 55.5 Å². The van der Waals surface area contributed by atoms with Crippen LogP contribution in [0.15, 0.2) is 36.5 Å². The van der Waals surface area contributed by atoms with Crippen molar-refractivity contribution in [3.63, 3.8) is 0 Å². The third kappa shape index (κ3) is 70.8. The largest absolute Gasteiger partial charge is 0.481 e. The fourth-order valence-corrected chi connectivity index (χ4v) is 5.98. The fraction of sp³-hybridized carbons (Fsp3) is 0.812. The average molecular weight is 808 g/mol. The molecule has 0 aromatic heterocycles. The molecule has 0 amide bonds. The van der Waals surface area contributed by atoms with Crippen LogP contribution in [0.3, 0.4) is 0 Å². The van der Waals surface area contributed by atoms with E-state index in [4.69, 9.17) is 15.3 Å². The van der Waals surface area contributed by atoms with Gasteiger partial charge in [0.05, 0.1) is 0 Å². The number of carbonyl (C=O) groups is 3. The van der Waals surface area contributed by atoms with E-state index in [1.165, 1.54) is 173 Å². The van der Waals surface area contributed by atoms with E-state index < -0.39 is 17.9 Å². The maximum Gasteiger partial charge on any atom is 0.303 e. The smallest absolute Gasteiger partial charge is 0.303 e. The number of rotatable bonds is 39. The first-order chi connectivity index (χ1) is 26.3. The number of hydrogen-bond acceptors (Lipinski definition) is 3. The van der Waals surface area contributed by atoms with Gasteiger partial charge in [-0.2, -0.15) is 0 Å². The van der Waals surface area contributed by atoms with Gasteiger partial charge < -0.3 is 15.3 Å². The molecule has 0 spiro atoms. The van der Waals surface area contributed by atoms with Crippen LogP contribution in [-0.4, -0.2) is 33.2 Å². The second kappa shape index (κ2) is 56.8. The molecule has 0 bridgehead atoms. The number of aliphatic carboxylic acids is 3. The molecule has 0 unspecified atom stereocenters. The van der Waals surface area contributed by atoms with Crippen LogP contribution in [0, 0.1) is 0 Å². The van der Waals surface area contributed by atoms with Crippen molar-refractivity contribution in [2.24, 2.45) is 0 Å². The Balaban J connectivity index is -0.000000351. The van der Waals surface area contributed by atoms with Crippen LogP contribution >= 0.6 is 0 Å². The van der Waals surface area contributed by atoms with E-state index in [9.17, 15) is 14.4 Å². The number of hydrogen-bond donors (Lipinski definition) is 3. The van der Waals surface area contributed by atoms with Crippen molar-refractivity contribution in [2.75, 3.05) is 0 Å². The van der Waals surface area contributed by atoms with E-state index in [0.29, 0.717) is 19.3 Å². The molecular weight excluding hydrogens is 717 g/mol. The molecule has 0 atom stereocenters. The Morgan fingerprint density at radius 2 is 0.455 bits per heavy atom. The normalized spacial score (nSPS) is 11.0. The van der Waals surface area contributed by atoms with Gasteiger partial charge in [0, 0.05) is 45.1 Å². The van der Waals surface area contributed by atoms with Gasteiger partial charge in [-0.15, -0.1) is 0 Å². The van der Waals surface area contributed by atoms with Gasteiger partial charge in [0.1, 0.15) is 0 Å². The molecule has 0 rings (SSSR count). The Bertz CT molecular complexity index is 744. The second-order valence-corrected chi connectivity index (χ2v) is 15.1. The van der Waals surface area contributed by atoms with Crippen molar-refractivity contribution in [1.82, 2.24) is 0 Å². The number of carboxylic acid groups (broad SMARTS) is 3. The first-order valence-corrected chi connectivity index (χ1v) is 22.9. The van der Waals surface area contributed by atoms with Crippen LogP contribution in [0.2, 0.25) is 0 Å². The van der Waals surface area contributed by atoms with E-state index in [0.717, 1.165) is 38.5 Å². The summed E-state index contributed by atoms with van der Waals surface area (Å²) in [5.74, 6) is -2.00. The third-order valence-electron chi connectivity index (χ3n) is 9.46. The summed E-state index contributed by atoms with van der Waals surface area (Å²) in [5.41, 5.74) is 0. The second-order valence-electron chi connectivity index (χ2n) is 15.1. The summed E-state index contributed by atoms with van der Waals surface area (Å²) in [6, 6.07) is 0. The minimum absolute atomic E-state index is 0. The Hall–Kier alpha value is -1.50. The molecule has 3 N–H and O–H groups in total. The van der Waals surface area contributed by atoms with Crippen LogP contribution in [0.1, 0.15) is 252 Å². The van der Waals surface area contributed by atoms with Gasteiger partial charge in [0.25, 0.3) is 0 Å². The SMILES string of the molecule is CCCCCC/C=C\CCCCCCCC(=O)O.CCCCCC/C=C\CCCCCCCC(=O)O.CCCCCC/C=C\CCCCCCCC(=O)O.[Sc]. The zero-order valence-electron chi connectivity index (χ0n) is 36.6. The summed E-state index contributed by atoms with van der Waals surface area (Å²) in [7, 11) is 0. The number of unbranched alkanes of at least 4 members (excludes halogenated alkanes) is 27. The predicted octanol–water partition coefficient (Wildman–Crippen LogP) is 16.0. The third-order valence-corrected chi connectivity index (χ3v) is 9.46. The monoisotopic (exact) mass is 808 g/mol. The summed E-state index contributed by atoms with van der Waals surface area (Å²) in [6.45, 7) is 6.73. The van der Waals surface area contributed by atoms with Gasteiger partial charge in [-0.1, -0.05) is 173 Å². The van der Waals surface area contributed by atoms with E-state index in [1.54, 1.807) is 0 Å². The van der Waals surface area contributed by atoms with Crippen molar-refractivity contribution in [3.8, 4) is 0 Å². The summed E-state index contributed by atoms with van der Waals surface area (Å²) in [5, 5.41) is 25.4. The molecule has 55 heavy (non-hydrogen) atoms. The van der Waals surface area contributed by atoms with E-state index in [2.05, 4.69) is 57.2 Å². The maximum absolute atomic E-state index is 10.3. The van der Waals surface area contributed by atoms with Crippen molar-refractivity contribution in [2.45, 2.75) is 252 Å². The average Bonchev–Trinajstić information content (AvgIpc) is 3.14. The van der Waals surface area contributed by atoms with Gasteiger partial charge in [-0.05, 0) is 96.3 Å². The van der Waals surface area contributed by atoms with Gasteiger partial charge >= 0.3 is 17.9 Å². The van der Waals surface area contributed by atoms with E-state index >= 15 is 0 Å². The molecule has 0 saturated heterocycles. The maximum atomic E-state index is 10.3. The molecule has 0 aliphatic heterocycles. The summed E-state index contributed by atoms with van der Waals surface area (Å²) < 4.78 is 0. The molecule has 6 nitrogen and oxygen atoms in total. The Morgan fingerprint density at radius 3 is 0.636 bits per heavy atom. The molecule has 0 fully saturated rings. The molecule has 0 saturated carbocycles. The van der Waals surface area contributed by atoms with Crippen molar-refractivity contribution in [1.29, 1.82) is 0 Å². The van der Waals surface area contributed by atoms with Gasteiger partial charge in [0.15, 0.2) is 0 Å². The number of carboxylic acids is 3. The van der Waals surface area contributed by atoms with E-state index in [-0.39, 0.29) is 25.8 Å². The fourth-order valence-electron chi connectivity index (χ4n) is 5.98. The molecule has 321 valence electrons. The molecule has 0 aliphatic rings. The molecule has 0 heterocycles. The van der Waals surface area contributed by atoms with Crippen LogP contribution < -0.4 is 0 Å². The first kappa shape index (κ1) is 60.2. The van der Waals surface area contributed by atoms with Gasteiger partial charge in [0.2, 0.25) is 0 Å². The zero-order chi connectivity index (χ0) is 40.4. The molecule has 0 aromatic carbocycles. The number of allylic oxidation sites excluding steroid dienone is 6. The topological polar surface area (TPSA) is 112 Å². The minimum Gasteiger partial charge on any atom is -0.481 e. The standard InChI is InChI=1S/3C16H30O2.Sc/c3*1-2-3-4-5-6-7-8-9-10-11-12-13-14-15-16(17)18;/h3*7-8H,2-6,9-15H2,1H3,(H,17,18);/b3*8-7-;. The zero-order valence-corrected chi connectivity index (χ0v) is 38.4. The van der Waals surface area contributed by atoms with E-state index in [1.807, 2.05) is 0 Å². The summed E-state index contributed by atoms with van der Waals surface area (Å²) in [6.07, 6.45) is 55.0. The van der Waals surface area contributed by atoms with Crippen LogP contribution in [-0.2, 0) is 40.2 Å². The van der Waals surface area contributed by atoms with Crippen molar-refractivity contribution in [3.05, 3.63) is 36.5 Å². The summed E-state index contributed by atoms with van der Waals surface area (Å²) >= 11 is 0. The molecule has 0 aromatic rings. The van der Waals surface area contributed by atoms with Crippen molar-refractivity contribution >= 4 is 17.9 Å². The predicted molar refractivity (Wildman–Crippen MR) is 234 cm³/mol. The first-order valence-electron chi connectivity index (χ1n) is 22.9. The molecular formula is C48H90O6Sc. The summed E-state index contributed by atoms with van der Waals surface area (Å²) in [4.78, 5) is 30.9. The van der Waals surface area contributed by atoms with Crippen LogP contribution in [0.25, 0.3) is 0 Å². The molecule has 1 radical (unpaired) electrons. The Labute approximate surface area is 360 Å². The van der Waals surface area contributed by atoms with Crippen LogP contribution in [0.5, 0.6) is 0 Å². The van der Waals surface area contributed by atoms with Gasteiger partial charge in [-0.3, -0.25) is 14.4 Å². The quantitative estimate of drug-likeness (QED) is 0.0421. The Morgan fingerprint density at radius 1 is 0.291 bits per heavy atom.